The van der Waals surface area contributed by atoms with E-state index in [1.54, 1.807) is 0 Å². The summed E-state index contributed by atoms with van der Waals surface area (Å²) in [6.45, 7) is 5.36. The molecule has 27 heavy (non-hydrogen) atoms. The zero-order chi connectivity index (χ0) is 20.2. The van der Waals surface area contributed by atoms with Crippen molar-refractivity contribution in [2.75, 3.05) is 12.4 Å². The number of hydrogen-bond acceptors (Lipinski definition) is 4. The molecule has 0 aromatic heterocycles. The van der Waals surface area contributed by atoms with Gasteiger partial charge in [-0.3, -0.25) is 4.79 Å². The maximum absolute atomic E-state index is 12.7. The van der Waals surface area contributed by atoms with Gasteiger partial charge in [-0.15, -0.1) is 0 Å². The smallest absolute Gasteiger partial charge is 0.245 e. The molecule has 0 unspecified atom stereocenters. The Morgan fingerprint density at radius 3 is 2.59 bits per heavy atom. The number of amides is 1. The number of carbonyl (C=O) groups is 1. The third-order valence-electron chi connectivity index (χ3n) is 4.13. The summed E-state index contributed by atoms with van der Waals surface area (Å²) in [7, 11) is -2.64. The summed E-state index contributed by atoms with van der Waals surface area (Å²) in [6.07, 6.45) is 0.747. The molecular formula is C19H23ClN2O4S. The molecule has 0 aliphatic rings. The molecule has 2 aromatic carbocycles. The summed E-state index contributed by atoms with van der Waals surface area (Å²) < 4.78 is 32.8. The van der Waals surface area contributed by atoms with Crippen LogP contribution >= 0.6 is 11.6 Å². The molecule has 0 heterocycles. The van der Waals surface area contributed by atoms with E-state index in [0.29, 0.717) is 5.69 Å². The lowest BCUT2D eigenvalue weighted by Gasteiger charge is -2.18. The number of anilines is 1. The first-order valence-corrected chi connectivity index (χ1v) is 10.3. The molecule has 0 aliphatic carbocycles. The number of hydrogen-bond donors (Lipinski definition) is 2. The molecule has 2 aromatic rings. The van der Waals surface area contributed by atoms with Crippen molar-refractivity contribution in [2.24, 2.45) is 0 Å². The minimum Gasteiger partial charge on any atom is -0.495 e. The Balaban J connectivity index is 2.23. The van der Waals surface area contributed by atoms with E-state index in [1.165, 1.54) is 32.2 Å². The topological polar surface area (TPSA) is 84.5 Å². The van der Waals surface area contributed by atoms with Gasteiger partial charge in [0.05, 0.1) is 13.2 Å². The van der Waals surface area contributed by atoms with Crippen LogP contribution in [-0.4, -0.2) is 27.5 Å². The highest BCUT2D eigenvalue weighted by atomic mass is 35.5. The molecule has 8 heteroatoms. The molecule has 0 aliphatic heterocycles. The molecule has 0 bridgehead atoms. The van der Waals surface area contributed by atoms with E-state index < -0.39 is 22.0 Å². The molecule has 0 saturated heterocycles. The standard InChI is InChI=1S/C19H23ClN2O4S/c1-5-14-8-6-7-12(2)18(14)21-19(23)13(3)22-27(24,25)17-11-15(20)9-10-16(17)26-4/h6-11,13,22H,5H2,1-4H3,(H,21,23)/t13-/m0/s1. The lowest BCUT2D eigenvalue weighted by atomic mass is 10.1. The molecule has 0 saturated carbocycles. The molecule has 0 spiro atoms. The molecule has 0 fully saturated rings. The lowest BCUT2D eigenvalue weighted by molar-refractivity contribution is -0.117. The highest BCUT2D eigenvalue weighted by molar-refractivity contribution is 7.89. The minimum absolute atomic E-state index is 0.123. The predicted molar refractivity (Wildman–Crippen MR) is 107 cm³/mol. The zero-order valence-corrected chi connectivity index (χ0v) is 17.2. The number of para-hydroxylation sites is 1. The van der Waals surface area contributed by atoms with Crippen LogP contribution in [0.1, 0.15) is 25.0 Å². The molecule has 146 valence electrons. The number of rotatable bonds is 7. The van der Waals surface area contributed by atoms with E-state index in [2.05, 4.69) is 10.0 Å². The van der Waals surface area contributed by atoms with Gasteiger partial charge in [-0.1, -0.05) is 36.7 Å². The van der Waals surface area contributed by atoms with E-state index in [1.807, 2.05) is 32.0 Å². The quantitative estimate of drug-likeness (QED) is 0.731. The first kappa shape index (κ1) is 21.2. The average Bonchev–Trinajstić information content (AvgIpc) is 2.62. The van der Waals surface area contributed by atoms with Crippen molar-refractivity contribution < 1.29 is 17.9 Å². The zero-order valence-electron chi connectivity index (χ0n) is 15.7. The van der Waals surface area contributed by atoms with E-state index in [4.69, 9.17) is 16.3 Å². The molecular weight excluding hydrogens is 388 g/mol. The Morgan fingerprint density at radius 2 is 1.96 bits per heavy atom. The van der Waals surface area contributed by atoms with Crippen molar-refractivity contribution in [2.45, 2.75) is 38.1 Å². The van der Waals surface area contributed by atoms with Gasteiger partial charge in [0.25, 0.3) is 0 Å². The summed E-state index contributed by atoms with van der Waals surface area (Å²) in [5.41, 5.74) is 2.60. The Bertz CT molecular complexity index is 945. The van der Waals surface area contributed by atoms with Crippen molar-refractivity contribution in [3.63, 3.8) is 0 Å². The molecule has 1 amide bonds. The van der Waals surface area contributed by atoms with Gasteiger partial charge in [-0.25, -0.2) is 8.42 Å². The summed E-state index contributed by atoms with van der Waals surface area (Å²) in [5, 5.41) is 3.07. The van der Waals surface area contributed by atoms with Crippen LogP contribution in [0.3, 0.4) is 0 Å². The van der Waals surface area contributed by atoms with Crippen molar-refractivity contribution >= 4 is 33.2 Å². The monoisotopic (exact) mass is 410 g/mol. The second-order valence-electron chi connectivity index (χ2n) is 6.09. The van der Waals surface area contributed by atoms with Crippen molar-refractivity contribution in [3.8, 4) is 5.75 Å². The largest absolute Gasteiger partial charge is 0.495 e. The number of ether oxygens (including phenoxy) is 1. The maximum atomic E-state index is 12.7. The van der Waals surface area contributed by atoms with Crippen LogP contribution in [0, 0.1) is 6.92 Å². The number of sulfonamides is 1. The summed E-state index contributed by atoms with van der Waals surface area (Å²) in [6, 6.07) is 9.01. The Kier molecular flexibility index (Phi) is 6.86. The second-order valence-corrected chi connectivity index (χ2v) is 8.21. The second kappa shape index (κ2) is 8.73. The molecule has 1 atom stereocenters. The van der Waals surface area contributed by atoms with Gasteiger partial charge >= 0.3 is 0 Å². The van der Waals surface area contributed by atoms with Crippen LogP contribution in [0.5, 0.6) is 5.75 Å². The lowest BCUT2D eigenvalue weighted by Crippen LogP contribution is -2.41. The van der Waals surface area contributed by atoms with Crippen molar-refractivity contribution in [1.82, 2.24) is 4.72 Å². The fourth-order valence-electron chi connectivity index (χ4n) is 2.64. The van der Waals surface area contributed by atoms with E-state index in [0.717, 1.165) is 17.5 Å². The Morgan fingerprint density at radius 1 is 1.26 bits per heavy atom. The van der Waals surface area contributed by atoms with Crippen LogP contribution in [0.4, 0.5) is 5.69 Å². The first-order chi connectivity index (χ1) is 12.7. The number of carbonyl (C=O) groups excluding carboxylic acids is 1. The Labute approximate surface area is 164 Å². The maximum Gasteiger partial charge on any atom is 0.245 e. The van der Waals surface area contributed by atoms with Crippen LogP contribution in [-0.2, 0) is 21.2 Å². The molecule has 2 rings (SSSR count). The fourth-order valence-corrected chi connectivity index (χ4v) is 4.28. The van der Waals surface area contributed by atoms with Gasteiger partial charge in [-0.05, 0) is 49.6 Å². The van der Waals surface area contributed by atoms with Crippen LogP contribution in [0.15, 0.2) is 41.3 Å². The van der Waals surface area contributed by atoms with E-state index in [-0.39, 0.29) is 15.7 Å². The third kappa shape index (κ3) is 5.00. The molecule has 2 N–H and O–H groups in total. The number of nitrogens with one attached hydrogen (secondary N) is 2. The summed E-state index contributed by atoms with van der Waals surface area (Å²) >= 11 is 5.91. The molecule has 0 radical (unpaired) electrons. The number of halogens is 1. The highest BCUT2D eigenvalue weighted by Crippen LogP contribution is 2.27. The molecule has 6 nitrogen and oxygen atoms in total. The van der Waals surface area contributed by atoms with Gasteiger partial charge in [0.1, 0.15) is 10.6 Å². The van der Waals surface area contributed by atoms with Gasteiger partial charge in [0, 0.05) is 10.7 Å². The van der Waals surface area contributed by atoms with Crippen LogP contribution in [0.25, 0.3) is 0 Å². The number of aryl methyl sites for hydroxylation is 2. The predicted octanol–water partition coefficient (Wildman–Crippen LogP) is 3.52. The number of methoxy groups -OCH3 is 1. The SMILES string of the molecule is CCc1cccc(C)c1NC(=O)[C@H](C)NS(=O)(=O)c1cc(Cl)ccc1OC. The summed E-state index contributed by atoms with van der Waals surface area (Å²) in [4.78, 5) is 12.4. The van der Waals surface area contributed by atoms with Gasteiger partial charge < -0.3 is 10.1 Å². The van der Waals surface area contributed by atoms with Crippen LogP contribution in [0.2, 0.25) is 5.02 Å². The van der Waals surface area contributed by atoms with E-state index >= 15 is 0 Å². The van der Waals surface area contributed by atoms with E-state index in [9.17, 15) is 13.2 Å². The van der Waals surface area contributed by atoms with Gasteiger partial charge in [0.15, 0.2) is 0 Å². The number of benzene rings is 2. The van der Waals surface area contributed by atoms with Crippen molar-refractivity contribution in [1.29, 1.82) is 0 Å². The normalized spacial score (nSPS) is 12.5. The minimum atomic E-state index is -4.01. The Hall–Kier alpha value is -2.09. The van der Waals surface area contributed by atoms with Crippen molar-refractivity contribution in [3.05, 3.63) is 52.5 Å². The average molecular weight is 411 g/mol. The summed E-state index contributed by atoms with van der Waals surface area (Å²) in [5.74, 6) is -0.310. The van der Waals surface area contributed by atoms with Gasteiger partial charge in [0.2, 0.25) is 15.9 Å². The fraction of sp³-hybridized carbons (Fsp3) is 0.316. The third-order valence-corrected chi connectivity index (χ3v) is 5.93. The van der Waals surface area contributed by atoms with Crippen LogP contribution < -0.4 is 14.8 Å². The van der Waals surface area contributed by atoms with Gasteiger partial charge in [-0.2, -0.15) is 4.72 Å². The first-order valence-electron chi connectivity index (χ1n) is 8.44. The highest BCUT2D eigenvalue weighted by Gasteiger charge is 2.26.